The quantitative estimate of drug-likeness (QED) is 0.863. The summed E-state index contributed by atoms with van der Waals surface area (Å²) < 4.78 is 0. The van der Waals surface area contributed by atoms with Crippen LogP contribution in [0, 0.1) is 11.8 Å². The smallest absolute Gasteiger partial charge is 0.251 e. The minimum absolute atomic E-state index is 0.0201. The van der Waals surface area contributed by atoms with Crippen molar-refractivity contribution in [3.8, 4) is 0 Å². The highest BCUT2D eigenvalue weighted by Crippen LogP contribution is 2.51. The van der Waals surface area contributed by atoms with Gasteiger partial charge in [0, 0.05) is 43.0 Å². The van der Waals surface area contributed by atoms with Gasteiger partial charge < -0.3 is 15.1 Å². The Labute approximate surface area is 151 Å². The summed E-state index contributed by atoms with van der Waals surface area (Å²) in [6, 6.07) is 8.22. The molecule has 1 aliphatic heterocycles. The normalized spacial score (nSPS) is 22.1. The van der Waals surface area contributed by atoms with Crippen LogP contribution in [-0.4, -0.2) is 49.1 Å². The lowest BCUT2D eigenvalue weighted by Crippen LogP contribution is -2.49. The van der Waals surface area contributed by atoms with Gasteiger partial charge >= 0.3 is 0 Å². The maximum Gasteiger partial charge on any atom is 0.251 e. The molecule has 0 atom stereocenters. The Morgan fingerprint density at radius 3 is 2.08 bits per heavy atom. The lowest BCUT2D eigenvalue weighted by molar-refractivity contribution is 0.0879. The molecule has 136 valence electrons. The van der Waals surface area contributed by atoms with Crippen molar-refractivity contribution in [1.82, 2.24) is 10.2 Å². The van der Waals surface area contributed by atoms with Crippen molar-refractivity contribution in [2.45, 2.75) is 45.1 Å². The van der Waals surface area contributed by atoms with Crippen LogP contribution in [0.3, 0.4) is 0 Å². The first kappa shape index (κ1) is 16.9. The fraction of sp³-hybridized carbons (Fsp3) is 0.667. The molecule has 1 aromatic carbocycles. The Morgan fingerprint density at radius 2 is 1.60 bits per heavy atom. The molecule has 4 nitrogen and oxygen atoms in total. The molecule has 4 heteroatoms. The van der Waals surface area contributed by atoms with Crippen molar-refractivity contribution >= 4 is 11.6 Å². The molecule has 3 fully saturated rings. The molecule has 1 heterocycles. The Morgan fingerprint density at radius 1 is 1.04 bits per heavy atom. The van der Waals surface area contributed by atoms with E-state index in [1.165, 1.54) is 31.4 Å². The molecule has 0 radical (unpaired) electrons. The lowest BCUT2D eigenvalue weighted by Gasteiger charge is -2.35. The maximum atomic E-state index is 12.8. The van der Waals surface area contributed by atoms with Crippen molar-refractivity contribution < 1.29 is 4.79 Å². The molecule has 4 rings (SSSR count). The first-order valence-electron chi connectivity index (χ1n) is 10.00. The van der Waals surface area contributed by atoms with E-state index < -0.39 is 0 Å². The second kappa shape index (κ2) is 6.64. The molecule has 1 aromatic rings. The lowest BCUT2D eigenvalue weighted by atomic mass is 9.89. The van der Waals surface area contributed by atoms with E-state index in [0.717, 1.165) is 38.3 Å². The second-order valence-corrected chi connectivity index (χ2v) is 8.25. The molecule has 2 saturated carbocycles. The van der Waals surface area contributed by atoms with Crippen LogP contribution in [0.4, 0.5) is 5.69 Å². The number of benzene rings is 1. The number of amides is 1. The molecule has 1 amide bonds. The van der Waals surface area contributed by atoms with Crippen LogP contribution < -0.4 is 10.2 Å². The molecule has 0 unspecified atom stereocenters. The topological polar surface area (TPSA) is 35.6 Å². The molecule has 2 aliphatic carbocycles. The number of piperazine rings is 1. The van der Waals surface area contributed by atoms with Crippen LogP contribution >= 0.6 is 0 Å². The zero-order chi connectivity index (χ0) is 17.4. The minimum Gasteiger partial charge on any atom is -0.369 e. The summed E-state index contributed by atoms with van der Waals surface area (Å²) in [5.41, 5.74) is 2.05. The number of carbonyl (C=O) groups excluding carboxylic acids is 1. The fourth-order valence-electron chi connectivity index (χ4n) is 4.37. The summed E-state index contributed by atoms with van der Waals surface area (Å²) in [6.07, 6.45) is 5.10. The van der Waals surface area contributed by atoms with E-state index in [-0.39, 0.29) is 11.4 Å². The number of anilines is 1. The predicted molar refractivity (Wildman–Crippen MR) is 102 cm³/mol. The van der Waals surface area contributed by atoms with Gasteiger partial charge in [0.1, 0.15) is 0 Å². The Kier molecular flexibility index (Phi) is 4.48. The van der Waals surface area contributed by atoms with E-state index in [0.29, 0.717) is 11.8 Å². The zero-order valence-corrected chi connectivity index (χ0v) is 15.6. The molecule has 0 aromatic heterocycles. The van der Waals surface area contributed by atoms with Gasteiger partial charge in [-0.05, 0) is 75.3 Å². The number of carbonyl (C=O) groups is 1. The van der Waals surface area contributed by atoms with E-state index >= 15 is 0 Å². The van der Waals surface area contributed by atoms with Crippen LogP contribution in [0.2, 0.25) is 0 Å². The summed E-state index contributed by atoms with van der Waals surface area (Å²) in [6.45, 7) is 10.0. The largest absolute Gasteiger partial charge is 0.369 e. The first-order valence-corrected chi connectivity index (χ1v) is 10.00. The highest BCUT2D eigenvalue weighted by Gasteiger charge is 2.51. The predicted octanol–water partition coefficient (Wildman–Crippen LogP) is 3.14. The molecule has 25 heavy (non-hydrogen) atoms. The van der Waals surface area contributed by atoms with Gasteiger partial charge in [-0.2, -0.15) is 0 Å². The molecular weight excluding hydrogens is 310 g/mol. The Bertz CT molecular complexity index is 599. The average molecular weight is 341 g/mol. The minimum atomic E-state index is 0.0201. The molecule has 3 aliphatic rings. The summed E-state index contributed by atoms with van der Waals surface area (Å²) in [5, 5.41) is 3.39. The van der Waals surface area contributed by atoms with Gasteiger partial charge in [-0.1, -0.05) is 6.92 Å². The van der Waals surface area contributed by atoms with Crippen molar-refractivity contribution in [3.05, 3.63) is 29.8 Å². The van der Waals surface area contributed by atoms with Crippen LogP contribution in [-0.2, 0) is 0 Å². The molecular formula is C21H31N3O. The first-order chi connectivity index (χ1) is 12.1. The van der Waals surface area contributed by atoms with Crippen LogP contribution in [0.25, 0.3) is 0 Å². The number of hydrogen-bond donors (Lipinski definition) is 1. The number of nitrogens with zero attached hydrogens (tertiary/aromatic N) is 2. The van der Waals surface area contributed by atoms with E-state index in [1.54, 1.807) is 0 Å². The maximum absolute atomic E-state index is 12.8. The van der Waals surface area contributed by atoms with Gasteiger partial charge in [0.25, 0.3) is 5.91 Å². The number of hydrogen-bond acceptors (Lipinski definition) is 3. The van der Waals surface area contributed by atoms with Crippen molar-refractivity contribution in [2.75, 3.05) is 37.6 Å². The fourth-order valence-corrected chi connectivity index (χ4v) is 4.37. The van der Waals surface area contributed by atoms with Crippen LogP contribution in [0.1, 0.15) is 49.9 Å². The van der Waals surface area contributed by atoms with Crippen molar-refractivity contribution in [2.24, 2.45) is 11.8 Å². The zero-order valence-electron chi connectivity index (χ0n) is 15.6. The van der Waals surface area contributed by atoms with Gasteiger partial charge in [0.15, 0.2) is 0 Å². The van der Waals surface area contributed by atoms with Crippen LogP contribution in [0.15, 0.2) is 24.3 Å². The standard InChI is InChI=1S/C21H31N3O/c1-3-23-12-14-24(15-13-23)19-10-4-16(5-11-19)20(25)22-21(2,17-6-7-17)18-8-9-18/h4-5,10-11,17-18H,3,6-9,12-15H2,1-2H3,(H,22,25). The molecule has 0 bridgehead atoms. The Hall–Kier alpha value is -1.55. The van der Waals surface area contributed by atoms with E-state index in [9.17, 15) is 4.79 Å². The van der Waals surface area contributed by atoms with E-state index in [2.05, 4.69) is 41.1 Å². The summed E-state index contributed by atoms with van der Waals surface area (Å²) in [5.74, 6) is 1.49. The molecule has 1 saturated heterocycles. The molecule has 0 spiro atoms. The summed E-state index contributed by atoms with van der Waals surface area (Å²) in [4.78, 5) is 17.7. The van der Waals surface area contributed by atoms with Gasteiger partial charge in [0.2, 0.25) is 0 Å². The summed E-state index contributed by atoms with van der Waals surface area (Å²) >= 11 is 0. The van der Waals surface area contributed by atoms with Gasteiger partial charge in [-0.15, -0.1) is 0 Å². The summed E-state index contributed by atoms with van der Waals surface area (Å²) in [7, 11) is 0. The van der Waals surface area contributed by atoms with E-state index in [4.69, 9.17) is 0 Å². The highest BCUT2D eigenvalue weighted by atomic mass is 16.1. The number of likely N-dealkylation sites (N-methyl/N-ethyl adjacent to an activating group) is 1. The van der Waals surface area contributed by atoms with Crippen molar-refractivity contribution in [3.63, 3.8) is 0 Å². The monoisotopic (exact) mass is 341 g/mol. The Balaban J connectivity index is 1.39. The third-order valence-corrected chi connectivity index (χ3v) is 6.55. The molecule has 1 N–H and O–H groups in total. The van der Waals surface area contributed by atoms with Gasteiger partial charge in [-0.25, -0.2) is 0 Å². The van der Waals surface area contributed by atoms with Gasteiger partial charge in [0.05, 0.1) is 0 Å². The number of nitrogens with one attached hydrogen (secondary N) is 1. The van der Waals surface area contributed by atoms with Crippen molar-refractivity contribution in [1.29, 1.82) is 0 Å². The number of rotatable bonds is 6. The van der Waals surface area contributed by atoms with Crippen LogP contribution in [0.5, 0.6) is 0 Å². The van der Waals surface area contributed by atoms with Gasteiger partial charge in [-0.3, -0.25) is 4.79 Å². The SMILES string of the molecule is CCN1CCN(c2ccc(C(=O)NC(C)(C3CC3)C3CC3)cc2)CC1. The average Bonchev–Trinajstić information content (AvgIpc) is 3.52. The third-order valence-electron chi connectivity index (χ3n) is 6.55. The second-order valence-electron chi connectivity index (χ2n) is 8.25. The highest BCUT2D eigenvalue weighted by molar-refractivity contribution is 5.95. The third kappa shape index (κ3) is 3.55. The van der Waals surface area contributed by atoms with E-state index in [1.807, 2.05) is 12.1 Å².